The van der Waals surface area contributed by atoms with Gasteiger partial charge in [0.2, 0.25) is 0 Å². The molecule has 0 amide bonds. The third-order valence-electron chi connectivity index (χ3n) is 2.93. The summed E-state index contributed by atoms with van der Waals surface area (Å²) in [7, 11) is 1.61. The van der Waals surface area contributed by atoms with Crippen molar-refractivity contribution in [2.24, 2.45) is 5.73 Å². The second kappa shape index (κ2) is 5.19. The van der Waals surface area contributed by atoms with Crippen molar-refractivity contribution in [3.8, 4) is 5.75 Å². The average Bonchev–Trinajstić information content (AvgIpc) is 2.37. The maximum absolute atomic E-state index is 13.2. The van der Waals surface area contributed by atoms with Gasteiger partial charge in [0.05, 0.1) is 13.2 Å². The molecule has 0 aliphatic rings. The summed E-state index contributed by atoms with van der Waals surface area (Å²) < 4.78 is 18.5. The molecule has 0 saturated carbocycles. The van der Waals surface area contributed by atoms with E-state index in [4.69, 9.17) is 10.5 Å². The molecule has 18 heavy (non-hydrogen) atoms. The van der Waals surface area contributed by atoms with Gasteiger partial charge in [-0.05, 0) is 36.2 Å². The molecule has 1 atom stereocenters. The van der Waals surface area contributed by atoms with Gasteiger partial charge in [-0.2, -0.15) is 0 Å². The Bertz CT molecular complexity index is 554. The normalized spacial score (nSPS) is 12.2. The Balaban J connectivity index is 2.42. The van der Waals surface area contributed by atoms with E-state index in [0.29, 0.717) is 0 Å². The summed E-state index contributed by atoms with van der Waals surface area (Å²) in [5, 5.41) is 0. The number of rotatable bonds is 3. The van der Waals surface area contributed by atoms with Crippen molar-refractivity contribution in [2.45, 2.75) is 13.0 Å². The van der Waals surface area contributed by atoms with Crippen LogP contribution in [0, 0.1) is 12.7 Å². The molecule has 0 saturated heterocycles. The van der Waals surface area contributed by atoms with Crippen molar-refractivity contribution in [3.63, 3.8) is 0 Å². The molecular weight excluding hydrogens is 229 g/mol. The predicted octanol–water partition coefficient (Wildman–Crippen LogP) is 3.19. The minimum Gasteiger partial charge on any atom is -0.496 e. The molecule has 0 fully saturated rings. The van der Waals surface area contributed by atoms with Crippen LogP contribution >= 0.6 is 0 Å². The maximum atomic E-state index is 13.2. The zero-order valence-corrected chi connectivity index (χ0v) is 10.5. The van der Waals surface area contributed by atoms with Crippen LogP contribution in [-0.4, -0.2) is 7.11 Å². The number of hydrogen-bond acceptors (Lipinski definition) is 2. The van der Waals surface area contributed by atoms with Gasteiger partial charge >= 0.3 is 0 Å². The number of methoxy groups -OCH3 is 1. The van der Waals surface area contributed by atoms with Crippen molar-refractivity contribution in [1.82, 2.24) is 0 Å². The summed E-state index contributed by atoms with van der Waals surface area (Å²) in [6.07, 6.45) is 0. The topological polar surface area (TPSA) is 35.2 Å². The number of aryl methyl sites for hydroxylation is 1. The van der Waals surface area contributed by atoms with Gasteiger partial charge in [0.1, 0.15) is 11.6 Å². The number of hydrogen-bond donors (Lipinski definition) is 1. The smallest absolute Gasteiger partial charge is 0.124 e. The molecule has 94 valence electrons. The van der Waals surface area contributed by atoms with Crippen LogP contribution in [-0.2, 0) is 0 Å². The molecule has 2 N–H and O–H groups in total. The minimum absolute atomic E-state index is 0.283. The lowest BCUT2D eigenvalue weighted by atomic mass is 9.97. The Morgan fingerprint density at radius 3 is 2.61 bits per heavy atom. The first-order valence-corrected chi connectivity index (χ1v) is 5.77. The second-order valence-corrected chi connectivity index (χ2v) is 4.28. The maximum Gasteiger partial charge on any atom is 0.124 e. The van der Waals surface area contributed by atoms with Crippen LogP contribution < -0.4 is 10.5 Å². The van der Waals surface area contributed by atoms with Gasteiger partial charge in [-0.15, -0.1) is 0 Å². The van der Waals surface area contributed by atoms with Crippen LogP contribution in [0.3, 0.4) is 0 Å². The lowest BCUT2D eigenvalue weighted by Crippen LogP contribution is -2.13. The van der Waals surface area contributed by atoms with E-state index in [1.807, 2.05) is 31.2 Å². The molecule has 2 nitrogen and oxygen atoms in total. The largest absolute Gasteiger partial charge is 0.496 e. The summed E-state index contributed by atoms with van der Waals surface area (Å²) in [6, 6.07) is 11.7. The number of ether oxygens (including phenoxy) is 1. The van der Waals surface area contributed by atoms with Crippen LogP contribution in [0.1, 0.15) is 22.7 Å². The molecule has 2 aromatic rings. The second-order valence-electron chi connectivity index (χ2n) is 4.28. The molecule has 0 aliphatic carbocycles. The number of halogens is 1. The monoisotopic (exact) mass is 245 g/mol. The molecule has 0 heterocycles. The fourth-order valence-corrected chi connectivity index (χ4v) is 1.95. The molecule has 0 aliphatic heterocycles. The van der Waals surface area contributed by atoms with E-state index in [2.05, 4.69) is 0 Å². The van der Waals surface area contributed by atoms with E-state index >= 15 is 0 Å². The summed E-state index contributed by atoms with van der Waals surface area (Å²) in [5.74, 6) is 0.445. The Morgan fingerprint density at radius 2 is 1.94 bits per heavy atom. The van der Waals surface area contributed by atoms with Gasteiger partial charge < -0.3 is 10.5 Å². The molecule has 0 radical (unpaired) electrons. The molecule has 3 heteroatoms. The first kappa shape index (κ1) is 12.6. The Morgan fingerprint density at radius 1 is 1.17 bits per heavy atom. The van der Waals surface area contributed by atoms with Crippen LogP contribution in [0.5, 0.6) is 5.75 Å². The first-order chi connectivity index (χ1) is 8.61. The van der Waals surface area contributed by atoms with E-state index < -0.39 is 6.04 Å². The average molecular weight is 245 g/mol. The van der Waals surface area contributed by atoms with Gasteiger partial charge in [0.15, 0.2) is 0 Å². The Hall–Kier alpha value is -1.87. The Labute approximate surface area is 106 Å². The van der Waals surface area contributed by atoms with Gasteiger partial charge in [0.25, 0.3) is 0 Å². The number of benzene rings is 2. The highest BCUT2D eigenvalue weighted by Gasteiger charge is 2.14. The van der Waals surface area contributed by atoms with Crippen molar-refractivity contribution in [2.75, 3.05) is 7.11 Å². The van der Waals surface area contributed by atoms with Gasteiger partial charge in [-0.3, -0.25) is 0 Å². The summed E-state index contributed by atoms with van der Waals surface area (Å²) in [4.78, 5) is 0. The van der Waals surface area contributed by atoms with Crippen LogP contribution in [0.2, 0.25) is 0 Å². The van der Waals surface area contributed by atoms with Gasteiger partial charge in [0, 0.05) is 5.56 Å². The molecule has 0 spiro atoms. The fraction of sp³-hybridized carbons (Fsp3) is 0.200. The third-order valence-corrected chi connectivity index (χ3v) is 2.93. The molecule has 0 bridgehead atoms. The highest BCUT2D eigenvalue weighted by atomic mass is 19.1. The van der Waals surface area contributed by atoms with Crippen LogP contribution in [0.25, 0.3) is 0 Å². The standard InChI is InChI=1S/C15H16FNO/c1-10-6-7-13(14(8-10)18-2)15(17)11-4-3-5-12(16)9-11/h3-9,15H,17H2,1-2H3. The van der Waals surface area contributed by atoms with Gasteiger partial charge in [-0.25, -0.2) is 4.39 Å². The molecule has 2 rings (SSSR count). The van der Waals surface area contributed by atoms with E-state index in [0.717, 1.165) is 22.4 Å². The third kappa shape index (κ3) is 2.51. The summed E-state index contributed by atoms with van der Waals surface area (Å²) in [5.41, 5.74) is 8.85. The zero-order valence-electron chi connectivity index (χ0n) is 10.5. The van der Waals surface area contributed by atoms with Crippen molar-refractivity contribution in [1.29, 1.82) is 0 Å². The molecule has 1 unspecified atom stereocenters. The quantitative estimate of drug-likeness (QED) is 0.901. The molecule has 0 aromatic heterocycles. The van der Waals surface area contributed by atoms with Crippen molar-refractivity contribution in [3.05, 3.63) is 65.0 Å². The highest BCUT2D eigenvalue weighted by Crippen LogP contribution is 2.29. The van der Waals surface area contributed by atoms with Crippen LogP contribution in [0.15, 0.2) is 42.5 Å². The lowest BCUT2D eigenvalue weighted by Gasteiger charge is -2.16. The minimum atomic E-state index is -0.392. The summed E-state index contributed by atoms with van der Waals surface area (Å²) >= 11 is 0. The van der Waals surface area contributed by atoms with Crippen molar-refractivity contribution < 1.29 is 9.13 Å². The summed E-state index contributed by atoms with van der Waals surface area (Å²) in [6.45, 7) is 1.99. The first-order valence-electron chi connectivity index (χ1n) is 5.77. The van der Waals surface area contributed by atoms with Crippen molar-refractivity contribution >= 4 is 0 Å². The lowest BCUT2D eigenvalue weighted by molar-refractivity contribution is 0.407. The molecule has 2 aromatic carbocycles. The van der Waals surface area contributed by atoms with E-state index in [9.17, 15) is 4.39 Å². The van der Waals surface area contributed by atoms with Gasteiger partial charge in [-0.1, -0.05) is 24.3 Å². The van der Waals surface area contributed by atoms with E-state index in [1.165, 1.54) is 12.1 Å². The van der Waals surface area contributed by atoms with Crippen LogP contribution in [0.4, 0.5) is 4.39 Å². The Kier molecular flexibility index (Phi) is 3.63. The zero-order chi connectivity index (χ0) is 13.1. The fourth-order valence-electron chi connectivity index (χ4n) is 1.95. The number of nitrogens with two attached hydrogens (primary N) is 1. The SMILES string of the molecule is COc1cc(C)ccc1C(N)c1cccc(F)c1. The molecular formula is C15H16FNO. The van der Waals surface area contributed by atoms with E-state index in [-0.39, 0.29) is 5.82 Å². The van der Waals surface area contributed by atoms with E-state index in [1.54, 1.807) is 13.2 Å². The predicted molar refractivity (Wildman–Crippen MR) is 70.2 cm³/mol. The highest BCUT2D eigenvalue weighted by molar-refractivity contribution is 5.43.